The average Bonchev–Trinajstić information content (AvgIpc) is 2.59. The molecule has 25 heavy (non-hydrogen) atoms. The van der Waals surface area contributed by atoms with Crippen molar-refractivity contribution in [3.8, 4) is 0 Å². The molecular weight excluding hydrogens is 338 g/mol. The van der Waals surface area contributed by atoms with E-state index in [-0.39, 0.29) is 24.2 Å². The molecule has 2 aromatic rings. The number of halogens is 1. The predicted molar refractivity (Wildman–Crippen MR) is 102 cm³/mol. The fraction of sp³-hybridized carbons (Fsp3) is 0.263. The second-order valence-electron chi connectivity index (χ2n) is 5.80. The van der Waals surface area contributed by atoms with Gasteiger partial charge in [-0.3, -0.25) is 9.59 Å². The topological polar surface area (TPSA) is 84.2 Å². The molecule has 0 spiro atoms. The van der Waals surface area contributed by atoms with E-state index in [9.17, 15) is 9.59 Å². The molecular formula is C19H24ClN3O2. The Morgan fingerprint density at radius 3 is 1.92 bits per heavy atom. The van der Waals surface area contributed by atoms with Gasteiger partial charge in [-0.25, -0.2) is 0 Å². The van der Waals surface area contributed by atoms with Crippen LogP contribution in [0.25, 0.3) is 0 Å². The Morgan fingerprint density at radius 2 is 1.36 bits per heavy atom. The third kappa shape index (κ3) is 6.21. The summed E-state index contributed by atoms with van der Waals surface area (Å²) in [5.74, 6) is -0.421. The summed E-state index contributed by atoms with van der Waals surface area (Å²) in [6, 6.07) is 14.1. The number of hydrogen-bond donors (Lipinski definition) is 3. The highest BCUT2D eigenvalue weighted by molar-refractivity contribution is 5.94. The van der Waals surface area contributed by atoms with Crippen LogP contribution in [0, 0.1) is 13.8 Å². The maximum Gasteiger partial charge on any atom is 0.251 e. The summed E-state index contributed by atoms with van der Waals surface area (Å²) >= 11 is 0. The number of hydrogen-bond acceptors (Lipinski definition) is 3. The summed E-state index contributed by atoms with van der Waals surface area (Å²) in [6.45, 7) is 4.62. The molecule has 0 aliphatic heterocycles. The molecule has 0 saturated carbocycles. The quantitative estimate of drug-likeness (QED) is 0.690. The standard InChI is InChI=1S/C19H23N3O2.ClH/c1-13-3-7-15(8-4-13)17(20)19(24)22-12-11-21-18(23)16-9-5-14(2)6-10-16;/h3-10,17H,11-12,20H2,1-2H3,(H,21,23)(H,22,24);1H. The number of amides is 2. The van der Waals surface area contributed by atoms with Gasteiger partial charge in [0, 0.05) is 18.7 Å². The number of nitrogens with two attached hydrogens (primary N) is 1. The van der Waals surface area contributed by atoms with E-state index < -0.39 is 6.04 Å². The molecule has 0 bridgehead atoms. The molecule has 0 aliphatic carbocycles. The highest BCUT2D eigenvalue weighted by atomic mass is 35.5. The summed E-state index contributed by atoms with van der Waals surface area (Å²) in [6.07, 6.45) is 0. The highest BCUT2D eigenvalue weighted by Gasteiger charge is 2.15. The zero-order valence-corrected chi connectivity index (χ0v) is 15.2. The molecule has 2 amide bonds. The van der Waals surface area contributed by atoms with Crippen LogP contribution in [0.4, 0.5) is 0 Å². The van der Waals surface area contributed by atoms with Crippen LogP contribution < -0.4 is 16.4 Å². The first-order valence-corrected chi connectivity index (χ1v) is 7.92. The van der Waals surface area contributed by atoms with Crippen LogP contribution in [-0.4, -0.2) is 24.9 Å². The van der Waals surface area contributed by atoms with Gasteiger partial charge in [0.1, 0.15) is 6.04 Å². The molecule has 0 aromatic heterocycles. The van der Waals surface area contributed by atoms with E-state index in [1.165, 1.54) is 0 Å². The number of carbonyl (C=O) groups excluding carboxylic acids is 2. The smallest absolute Gasteiger partial charge is 0.251 e. The minimum absolute atomic E-state index is 0. The lowest BCUT2D eigenvalue weighted by Crippen LogP contribution is -2.39. The van der Waals surface area contributed by atoms with Crippen LogP contribution in [-0.2, 0) is 4.79 Å². The number of nitrogens with one attached hydrogen (secondary N) is 2. The largest absolute Gasteiger partial charge is 0.353 e. The van der Waals surface area contributed by atoms with Crippen molar-refractivity contribution in [3.63, 3.8) is 0 Å². The molecule has 5 nitrogen and oxygen atoms in total. The predicted octanol–water partition coefficient (Wildman–Crippen LogP) is 2.27. The Labute approximate surface area is 154 Å². The van der Waals surface area contributed by atoms with Gasteiger partial charge in [0.25, 0.3) is 5.91 Å². The van der Waals surface area contributed by atoms with Gasteiger partial charge in [-0.05, 0) is 31.5 Å². The number of aryl methyl sites for hydroxylation is 2. The Morgan fingerprint density at radius 1 is 0.880 bits per heavy atom. The third-order valence-electron chi connectivity index (χ3n) is 3.74. The molecule has 0 saturated heterocycles. The van der Waals surface area contributed by atoms with Gasteiger partial charge in [-0.2, -0.15) is 0 Å². The molecule has 2 aromatic carbocycles. The van der Waals surface area contributed by atoms with Crippen molar-refractivity contribution in [2.45, 2.75) is 19.9 Å². The van der Waals surface area contributed by atoms with E-state index in [4.69, 9.17) is 5.73 Å². The Hall–Kier alpha value is -2.37. The molecule has 6 heteroatoms. The number of carbonyl (C=O) groups is 2. The SMILES string of the molecule is Cc1ccc(C(=O)NCCNC(=O)C(N)c2ccc(C)cc2)cc1.Cl. The minimum atomic E-state index is -0.710. The highest BCUT2D eigenvalue weighted by Crippen LogP contribution is 2.11. The van der Waals surface area contributed by atoms with Gasteiger partial charge in [-0.15, -0.1) is 12.4 Å². The average molecular weight is 362 g/mol. The van der Waals surface area contributed by atoms with Crippen molar-refractivity contribution in [1.29, 1.82) is 0 Å². The molecule has 0 radical (unpaired) electrons. The molecule has 0 fully saturated rings. The zero-order chi connectivity index (χ0) is 17.5. The molecule has 134 valence electrons. The van der Waals surface area contributed by atoms with Crippen molar-refractivity contribution in [1.82, 2.24) is 10.6 Å². The summed E-state index contributed by atoms with van der Waals surface area (Å²) in [5, 5.41) is 5.50. The van der Waals surface area contributed by atoms with E-state index in [1.807, 2.05) is 50.2 Å². The van der Waals surface area contributed by atoms with Crippen LogP contribution in [0.2, 0.25) is 0 Å². The van der Waals surface area contributed by atoms with Gasteiger partial charge in [-0.1, -0.05) is 47.5 Å². The first-order valence-electron chi connectivity index (χ1n) is 7.92. The maximum absolute atomic E-state index is 12.0. The third-order valence-corrected chi connectivity index (χ3v) is 3.74. The Kier molecular flexibility index (Phi) is 8.11. The van der Waals surface area contributed by atoms with Crippen LogP contribution in [0.3, 0.4) is 0 Å². The molecule has 1 atom stereocenters. The van der Waals surface area contributed by atoms with Crippen LogP contribution >= 0.6 is 12.4 Å². The number of benzene rings is 2. The van der Waals surface area contributed by atoms with Gasteiger partial charge in [0.15, 0.2) is 0 Å². The zero-order valence-electron chi connectivity index (χ0n) is 14.4. The van der Waals surface area contributed by atoms with Crippen molar-refractivity contribution < 1.29 is 9.59 Å². The Bertz CT molecular complexity index is 700. The first-order chi connectivity index (χ1) is 11.5. The van der Waals surface area contributed by atoms with Crippen molar-refractivity contribution >= 4 is 24.2 Å². The summed E-state index contributed by atoms with van der Waals surface area (Å²) in [4.78, 5) is 24.0. The monoisotopic (exact) mass is 361 g/mol. The van der Waals surface area contributed by atoms with Crippen molar-refractivity contribution in [2.75, 3.05) is 13.1 Å². The molecule has 2 rings (SSSR count). The van der Waals surface area contributed by atoms with E-state index in [0.717, 1.165) is 16.7 Å². The minimum Gasteiger partial charge on any atom is -0.353 e. The van der Waals surface area contributed by atoms with Gasteiger partial charge < -0.3 is 16.4 Å². The van der Waals surface area contributed by atoms with Gasteiger partial charge in [0.05, 0.1) is 0 Å². The fourth-order valence-electron chi connectivity index (χ4n) is 2.20. The van der Waals surface area contributed by atoms with Crippen molar-refractivity contribution in [2.24, 2.45) is 5.73 Å². The fourth-order valence-corrected chi connectivity index (χ4v) is 2.20. The first kappa shape index (κ1) is 20.7. The van der Waals surface area contributed by atoms with E-state index in [2.05, 4.69) is 10.6 Å². The molecule has 1 unspecified atom stereocenters. The number of rotatable bonds is 6. The van der Waals surface area contributed by atoms with Crippen molar-refractivity contribution in [3.05, 3.63) is 70.8 Å². The van der Waals surface area contributed by atoms with E-state index >= 15 is 0 Å². The van der Waals surface area contributed by atoms with Gasteiger partial charge in [0.2, 0.25) is 5.91 Å². The normalized spacial score (nSPS) is 11.2. The molecule has 0 aliphatic rings. The molecule has 4 N–H and O–H groups in total. The van der Waals surface area contributed by atoms with Crippen LogP contribution in [0.15, 0.2) is 48.5 Å². The van der Waals surface area contributed by atoms with E-state index in [1.54, 1.807) is 12.1 Å². The lowest BCUT2D eigenvalue weighted by molar-refractivity contribution is -0.122. The van der Waals surface area contributed by atoms with E-state index in [0.29, 0.717) is 18.7 Å². The maximum atomic E-state index is 12.0. The lowest BCUT2D eigenvalue weighted by Gasteiger charge is -2.13. The lowest BCUT2D eigenvalue weighted by atomic mass is 10.1. The van der Waals surface area contributed by atoms with Crippen LogP contribution in [0.1, 0.15) is 33.1 Å². The Balaban J connectivity index is 0.00000312. The van der Waals surface area contributed by atoms with Gasteiger partial charge >= 0.3 is 0 Å². The second-order valence-corrected chi connectivity index (χ2v) is 5.80. The summed E-state index contributed by atoms with van der Waals surface area (Å²) < 4.78 is 0. The second kappa shape index (κ2) is 9.81. The van der Waals surface area contributed by atoms with Crippen LogP contribution in [0.5, 0.6) is 0 Å². The summed E-state index contributed by atoms with van der Waals surface area (Å²) in [5.41, 5.74) is 9.52. The molecule has 0 heterocycles. The summed E-state index contributed by atoms with van der Waals surface area (Å²) in [7, 11) is 0.